The fourth-order valence-corrected chi connectivity index (χ4v) is 3.53. The van der Waals surface area contributed by atoms with Crippen LogP contribution in [0.5, 0.6) is 0 Å². The summed E-state index contributed by atoms with van der Waals surface area (Å²) in [6.45, 7) is 1.82. The first-order valence-corrected chi connectivity index (χ1v) is 9.21. The maximum atomic E-state index is 12.8. The van der Waals surface area contributed by atoms with Crippen LogP contribution in [0.1, 0.15) is 56.4 Å². The fourth-order valence-electron chi connectivity index (χ4n) is 3.53. The van der Waals surface area contributed by atoms with Gasteiger partial charge in [0.25, 0.3) is 0 Å². The van der Waals surface area contributed by atoms with E-state index in [1.807, 2.05) is 49.4 Å². The fraction of sp³-hybridized carbons (Fsp3) is 0.429. The molecule has 2 atom stereocenters. The number of carbonyl (C=O) groups is 1. The van der Waals surface area contributed by atoms with E-state index >= 15 is 0 Å². The molecule has 1 aromatic heterocycles. The molecule has 0 spiro atoms. The lowest BCUT2D eigenvalue weighted by molar-refractivity contribution is -0.124. The van der Waals surface area contributed by atoms with Crippen molar-refractivity contribution in [3.8, 4) is 6.07 Å². The Morgan fingerprint density at radius 2 is 1.88 bits per heavy atom. The van der Waals surface area contributed by atoms with Gasteiger partial charge in [-0.1, -0.05) is 49.6 Å². The second-order valence-electron chi connectivity index (χ2n) is 6.99. The van der Waals surface area contributed by atoms with Crippen LogP contribution >= 0.6 is 0 Å². The number of benzene rings is 1. The summed E-state index contributed by atoms with van der Waals surface area (Å²) in [6.07, 6.45) is 6.17. The van der Waals surface area contributed by atoms with Crippen molar-refractivity contribution >= 4 is 5.91 Å². The van der Waals surface area contributed by atoms with Crippen LogP contribution < -0.4 is 10.6 Å². The lowest BCUT2D eigenvalue weighted by Crippen LogP contribution is -2.54. The summed E-state index contributed by atoms with van der Waals surface area (Å²) in [5.74, 6) is 0.601. The molecule has 1 aliphatic carbocycles. The van der Waals surface area contributed by atoms with Crippen LogP contribution in [-0.2, 0) is 4.79 Å². The van der Waals surface area contributed by atoms with Crippen LogP contribution in [0.2, 0.25) is 0 Å². The van der Waals surface area contributed by atoms with Crippen molar-refractivity contribution in [3.63, 3.8) is 0 Å². The van der Waals surface area contributed by atoms with Gasteiger partial charge in [-0.3, -0.25) is 10.1 Å². The average Bonchev–Trinajstić information content (AvgIpc) is 3.21. The minimum absolute atomic E-state index is 0.152. The Bertz CT molecular complexity index is 743. The van der Waals surface area contributed by atoms with Crippen LogP contribution in [0.15, 0.2) is 53.1 Å². The van der Waals surface area contributed by atoms with Crippen molar-refractivity contribution in [3.05, 3.63) is 60.1 Å². The number of rotatable bonds is 6. The van der Waals surface area contributed by atoms with E-state index in [-0.39, 0.29) is 11.9 Å². The Kier molecular flexibility index (Phi) is 5.75. The monoisotopic (exact) mass is 351 g/mol. The van der Waals surface area contributed by atoms with E-state index in [2.05, 4.69) is 16.7 Å². The molecule has 26 heavy (non-hydrogen) atoms. The minimum Gasteiger partial charge on any atom is -0.467 e. The summed E-state index contributed by atoms with van der Waals surface area (Å²) >= 11 is 0. The zero-order valence-corrected chi connectivity index (χ0v) is 15.1. The standard InChI is InChI=1S/C21H25N3O2/c1-16(20(25)24-21(15-22)12-6-3-7-13-21)23-19(18-11-8-14-26-18)17-9-4-2-5-10-17/h2,4-5,8-11,14,16,19,23H,3,6-7,12-13H2,1H3,(H,24,25)/t16-,19-/m1/s1. The van der Waals surface area contributed by atoms with Gasteiger partial charge in [-0.05, 0) is 37.5 Å². The zero-order valence-electron chi connectivity index (χ0n) is 15.1. The number of hydrogen-bond acceptors (Lipinski definition) is 4. The first-order valence-electron chi connectivity index (χ1n) is 9.21. The molecular weight excluding hydrogens is 326 g/mol. The molecule has 2 N–H and O–H groups in total. The molecule has 3 rings (SSSR count). The van der Waals surface area contributed by atoms with E-state index in [4.69, 9.17) is 4.42 Å². The molecule has 1 amide bonds. The number of nitrogens with zero attached hydrogens (tertiary/aromatic N) is 1. The van der Waals surface area contributed by atoms with Crippen molar-refractivity contribution in [2.45, 2.75) is 56.7 Å². The van der Waals surface area contributed by atoms with Crippen LogP contribution in [0.4, 0.5) is 0 Å². The zero-order chi connectivity index (χ0) is 18.4. The van der Waals surface area contributed by atoms with Gasteiger partial charge in [-0.2, -0.15) is 5.26 Å². The van der Waals surface area contributed by atoms with Gasteiger partial charge in [0.15, 0.2) is 0 Å². The van der Waals surface area contributed by atoms with E-state index in [0.717, 1.165) is 43.4 Å². The number of carbonyl (C=O) groups excluding carboxylic acids is 1. The van der Waals surface area contributed by atoms with Gasteiger partial charge in [-0.25, -0.2) is 0 Å². The largest absolute Gasteiger partial charge is 0.467 e. The number of amides is 1. The van der Waals surface area contributed by atoms with Crippen molar-refractivity contribution in [2.75, 3.05) is 0 Å². The molecule has 1 saturated carbocycles. The van der Waals surface area contributed by atoms with E-state index in [1.54, 1.807) is 6.26 Å². The molecule has 0 saturated heterocycles. The molecule has 1 aliphatic rings. The van der Waals surface area contributed by atoms with Gasteiger partial charge in [0.05, 0.1) is 24.4 Å². The maximum absolute atomic E-state index is 12.8. The van der Waals surface area contributed by atoms with Crippen LogP contribution in [0.25, 0.3) is 0 Å². The topological polar surface area (TPSA) is 78.1 Å². The maximum Gasteiger partial charge on any atom is 0.238 e. The highest BCUT2D eigenvalue weighted by Crippen LogP contribution is 2.28. The van der Waals surface area contributed by atoms with Crippen molar-refractivity contribution in [1.82, 2.24) is 10.6 Å². The van der Waals surface area contributed by atoms with E-state index in [1.165, 1.54) is 0 Å². The van der Waals surface area contributed by atoms with Crippen LogP contribution in [-0.4, -0.2) is 17.5 Å². The molecule has 1 fully saturated rings. The molecule has 5 heteroatoms. The van der Waals surface area contributed by atoms with Crippen molar-refractivity contribution < 1.29 is 9.21 Å². The molecule has 136 valence electrons. The molecule has 0 radical (unpaired) electrons. The quantitative estimate of drug-likeness (QED) is 0.832. The predicted octanol–water partition coefficient (Wildman–Crippen LogP) is 3.69. The summed E-state index contributed by atoms with van der Waals surface area (Å²) in [5.41, 5.74) is 0.299. The number of hydrogen-bond donors (Lipinski definition) is 2. The lowest BCUT2D eigenvalue weighted by Gasteiger charge is -2.33. The van der Waals surface area contributed by atoms with E-state index in [9.17, 15) is 10.1 Å². The Morgan fingerprint density at radius 1 is 1.15 bits per heavy atom. The molecule has 0 bridgehead atoms. The van der Waals surface area contributed by atoms with E-state index in [0.29, 0.717) is 0 Å². The summed E-state index contributed by atoms with van der Waals surface area (Å²) in [6, 6.07) is 15.3. The molecule has 1 heterocycles. The van der Waals surface area contributed by atoms with Gasteiger partial charge in [0.1, 0.15) is 11.3 Å². The minimum atomic E-state index is -0.724. The molecule has 0 aliphatic heterocycles. The van der Waals surface area contributed by atoms with Gasteiger partial charge in [-0.15, -0.1) is 0 Å². The highest BCUT2D eigenvalue weighted by Gasteiger charge is 2.35. The van der Waals surface area contributed by atoms with Gasteiger partial charge >= 0.3 is 0 Å². The van der Waals surface area contributed by atoms with Crippen LogP contribution in [0, 0.1) is 11.3 Å². The SMILES string of the molecule is C[C@@H](N[C@H](c1ccccc1)c1ccco1)C(=O)NC1(C#N)CCCCC1. The first kappa shape index (κ1) is 18.2. The Hall–Kier alpha value is -2.58. The van der Waals surface area contributed by atoms with E-state index < -0.39 is 11.6 Å². The highest BCUT2D eigenvalue weighted by atomic mass is 16.3. The van der Waals surface area contributed by atoms with Gasteiger partial charge in [0, 0.05) is 0 Å². The number of furan rings is 1. The van der Waals surface area contributed by atoms with Crippen LogP contribution in [0.3, 0.4) is 0 Å². The molecule has 0 unspecified atom stereocenters. The summed E-state index contributed by atoms with van der Waals surface area (Å²) in [4.78, 5) is 12.8. The normalized spacial score (nSPS) is 18.5. The average molecular weight is 351 g/mol. The predicted molar refractivity (Wildman–Crippen MR) is 99.2 cm³/mol. The van der Waals surface area contributed by atoms with Gasteiger partial charge in [0.2, 0.25) is 5.91 Å². The van der Waals surface area contributed by atoms with Crippen molar-refractivity contribution in [1.29, 1.82) is 5.26 Å². The molecular formula is C21H25N3O2. The summed E-state index contributed by atoms with van der Waals surface area (Å²) in [5, 5.41) is 15.9. The number of nitrogens with one attached hydrogen (secondary N) is 2. The molecule has 2 aromatic rings. The Balaban J connectivity index is 1.72. The third-order valence-corrected chi connectivity index (χ3v) is 5.05. The molecule has 5 nitrogen and oxygen atoms in total. The number of nitriles is 1. The Labute approximate surface area is 154 Å². The third-order valence-electron chi connectivity index (χ3n) is 5.05. The van der Waals surface area contributed by atoms with Crippen molar-refractivity contribution in [2.24, 2.45) is 0 Å². The second kappa shape index (κ2) is 8.20. The lowest BCUT2D eigenvalue weighted by atomic mass is 9.82. The smallest absolute Gasteiger partial charge is 0.238 e. The first-order chi connectivity index (χ1) is 12.6. The summed E-state index contributed by atoms with van der Waals surface area (Å²) < 4.78 is 5.58. The molecule has 1 aromatic carbocycles. The third kappa shape index (κ3) is 4.14. The van der Waals surface area contributed by atoms with Gasteiger partial charge < -0.3 is 9.73 Å². The highest BCUT2D eigenvalue weighted by molar-refractivity contribution is 5.82. The summed E-state index contributed by atoms with van der Waals surface area (Å²) in [7, 11) is 0. The Morgan fingerprint density at radius 3 is 2.50 bits per heavy atom. The second-order valence-corrected chi connectivity index (χ2v) is 6.99.